The van der Waals surface area contributed by atoms with Crippen LogP contribution in [0.2, 0.25) is 0 Å². The van der Waals surface area contributed by atoms with Crippen molar-refractivity contribution in [2.45, 2.75) is 51.8 Å². The van der Waals surface area contributed by atoms with Crippen molar-refractivity contribution in [1.82, 2.24) is 10.2 Å². The van der Waals surface area contributed by atoms with Crippen LogP contribution in [-0.4, -0.2) is 47.1 Å². The molecule has 1 heterocycles. The standard InChI is InChI=1S/C19H28N2O3S/c1-19(2,3)24-18(23)21-13-15-9-6-5-8-14(15)12-16(21)17(22)20-10-7-11-25-4/h5-6,8-9,16H,7,10-13H2,1-4H3,(H,20,22)/t16-/m0/s1. The Bertz CT molecular complexity index is 613. The molecule has 6 heteroatoms. The van der Waals surface area contributed by atoms with E-state index in [2.05, 4.69) is 5.32 Å². The van der Waals surface area contributed by atoms with E-state index in [0.717, 1.165) is 23.3 Å². The number of benzene rings is 1. The van der Waals surface area contributed by atoms with Gasteiger partial charge in [0.2, 0.25) is 5.91 Å². The van der Waals surface area contributed by atoms with Crippen LogP contribution in [0.25, 0.3) is 0 Å². The summed E-state index contributed by atoms with van der Waals surface area (Å²) in [7, 11) is 0. The maximum absolute atomic E-state index is 12.7. The van der Waals surface area contributed by atoms with Gasteiger partial charge in [-0.15, -0.1) is 0 Å². The molecule has 0 aromatic heterocycles. The van der Waals surface area contributed by atoms with Gasteiger partial charge in [-0.3, -0.25) is 9.69 Å². The number of hydrogen-bond acceptors (Lipinski definition) is 4. The summed E-state index contributed by atoms with van der Waals surface area (Å²) < 4.78 is 5.52. The maximum atomic E-state index is 12.7. The second-order valence-electron chi connectivity index (χ2n) is 7.23. The summed E-state index contributed by atoms with van der Waals surface area (Å²) in [6, 6.07) is 7.42. The second kappa shape index (κ2) is 8.61. The minimum absolute atomic E-state index is 0.110. The Morgan fingerprint density at radius 3 is 2.60 bits per heavy atom. The zero-order chi connectivity index (χ0) is 18.4. The van der Waals surface area contributed by atoms with Crippen LogP contribution in [0.1, 0.15) is 38.3 Å². The van der Waals surface area contributed by atoms with E-state index in [0.29, 0.717) is 19.5 Å². The van der Waals surface area contributed by atoms with E-state index >= 15 is 0 Å². The Hall–Kier alpha value is -1.69. The number of fused-ring (bicyclic) bond motifs is 1. The van der Waals surface area contributed by atoms with E-state index in [1.165, 1.54) is 0 Å². The van der Waals surface area contributed by atoms with E-state index < -0.39 is 17.7 Å². The zero-order valence-electron chi connectivity index (χ0n) is 15.5. The lowest BCUT2D eigenvalue weighted by Gasteiger charge is -2.36. The smallest absolute Gasteiger partial charge is 0.411 e. The van der Waals surface area contributed by atoms with Gasteiger partial charge in [-0.05, 0) is 50.3 Å². The summed E-state index contributed by atoms with van der Waals surface area (Å²) in [6.45, 7) is 6.52. The van der Waals surface area contributed by atoms with E-state index in [1.54, 1.807) is 16.7 Å². The molecule has 0 unspecified atom stereocenters. The first-order valence-corrected chi connectivity index (χ1v) is 10.0. The molecule has 0 radical (unpaired) electrons. The molecule has 1 atom stereocenters. The molecule has 0 aliphatic carbocycles. The fraction of sp³-hybridized carbons (Fsp3) is 0.579. The van der Waals surface area contributed by atoms with Gasteiger partial charge in [0.15, 0.2) is 0 Å². The third-order valence-electron chi connectivity index (χ3n) is 4.00. The Labute approximate surface area is 154 Å². The highest BCUT2D eigenvalue weighted by atomic mass is 32.2. The van der Waals surface area contributed by atoms with Crippen molar-refractivity contribution in [1.29, 1.82) is 0 Å². The maximum Gasteiger partial charge on any atom is 0.411 e. The lowest BCUT2D eigenvalue weighted by Crippen LogP contribution is -2.53. The molecule has 1 aromatic rings. The highest BCUT2D eigenvalue weighted by Gasteiger charge is 2.36. The monoisotopic (exact) mass is 364 g/mol. The summed E-state index contributed by atoms with van der Waals surface area (Å²) in [5, 5.41) is 2.96. The quantitative estimate of drug-likeness (QED) is 0.815. The normalized spacial score (nSPS) is 17.0. The summed E-state index contributed by atoms with van der Waals surface area (Å²) in [5.41, 5.74) is 1.60. The number of nitrogens with one attached hydrogen (secondary N) is 1. The highest BCUT2D eigenvalue weighted by molar-refractivity contribution is 7.98. The molecule has 1 N–H and O–H groups in total. The molecule has 25 heavy (non-hydrogen) atoms. The van der Waals surface area contributed by atoms with Gasteiger partial charge in [0, 0.05) is 13.0 Å². The molecule has 0 saturated heterocycles. The van der Waals surface area contributed by atoms with Crippen LogP contribution in [0.5, 0.6) is 0 Å². The molecule has 0 spiro atoms. The largest absolute Gasteiger partial charge is 0.444 e. The average Bonchev–Trinajstić information content (AvgIpc) is 2.55. The number of carbonyl (C=O) groups excluding carboxylic acids is 2. The molecule has 1 aliphatic rings. The Morgan fingerprint density at radius 1 is 1.28 bits per heavy atom. The predicted molar refractivity (Wildman–Crippen MR) is 102 cm³/mol. The van der Waals surface area contributed by atoms with Gasteiger partial charge in [-0.1, -0.05) is 24.3 Å². The molecule has 1 aliphatic heterocycles. The van der Waals surface area contributed by atoms with Gasteiger partial charge in [0.25, 0.3) is 0 Å². The third kappa shape index (κ3) is 5.66. The van der Waals surface area contributed by atoms with Gasteiger partial charge in [0.05, 0.1) is 6.54 Å². The van der Waals surface area contributed by atoms with Crippen LogP contribution < -0.4 is 5.32 Å². The molecule has 0 fully saturated rings. The molecular weight excluding hydrogens is 336 g/mol. The van der Waals surface area contributed by atoms with Crippen molar-refractivity contribution < 1.29 is 14.3 Å². The second-order valence-corrected chi connectivity index (χ2v) is 8.22. The van der Waals surface area contributed by atoms with Crippen LogP contribution in [0.15, 0.2) is 24.3 Å². The van der Waals surface area contributed by atoms with Crippen LogP contribution in [0.3, 0.4) is 0 Å². The van der Waals surface area contributed by atoms with E-state index in [4.69, 9.17) is 4.74 Å². The Kier molecular flexibility index (Phi) is 6.76. The van der Waals surface area contributed by atoms with Crippen LogP contribution in [0.4, 0.5) is 4.79 Å². The van der Waals surface area contributed by atoms with Crippen molar-refractivity contribution in [3.63, 3.8) is 0 Å². The molecular formula is C19H28N2O3S. The first-order chi connectivity index (χ1) is 11.8. The van der Waals surface area contributed by atoms with Gasteiger partial charge < -0.3 is 10.1 Å². The summed E-state index contributed by atoms with van der Waals surface area (Å²) in [4.78, 5) is 26.9. The first kappa shape index (κ1) is 19.6. The average molecular weight is 365 g/mol. The molecule has 5 nitrogen and oxygen atoms in total. The van der Waals surface area contributed by atoms with Gasteiger partial charge in [0.1, 0.15) is 11.6 Å². The van der Waals surface area contributed by atoms with Crippen molar-refractivity contribution >= 4 is 23.8 Å². The van der Waals surface area contributed by atoms with Crippen molar-refractivity contribution in [2.75, 3.05) is 18.6 Å². The number of amides is 2. The molecule has 2 amide bonds. The highest BCUT2D eigenvalue weighted by Crippen LogP contribution is 2.25. The fourth-order valence-electron chi connectivity index (χ4n) is 2.82. The number of nitrogens with zero attached hydrogens (tertiary/aromatic N) is 1. The zero-order valence-corrected chi connectivity index (χ0v) is 16.3. The van der Waals surface area contributed by atoms with Crippen molar-refractivity contribution in [3.8, 4) is 0 Å². The minimum atomic E-state index is -0.590. The number of ether oxygens (including phenoxy) is 1. The Balaban J connectivity index is 2.14. The molecule has 0 saturated carbocycles. The Morgan fingerprint density at radius 2 is 1.96 bits per heavy atom. The topological polar surface area (TPSA) is 58.6 Å². The number of carbonyl (C=O) groups is 2. The summed E-state index contributed by atoms with van der Waals surface area (Å²) in [5.74, 6) is 0.894. The fourth-order valence-corrected chi connectivity index (χ4v) is 3.25. The SMILES string of the molecule is CSCCCNC(=O)[C@@H]1Cc2ccccc2CN1C(=O)OC(C)(C)C. The lowest BCUT2D eigenvalue weighted by molar-refractivity contribution is -0.127. The molecule has 0 bridgehead atoms. The van der Waals surface area contributed by atoms with Gasteiger partial charge >= 0.3 is 6.09 Å². The van der Waals surface area contributed by atoms with Crippen LogP contribution in [-0.2, 0) is 22.5 Å². The third-order valence-corrected chi connectivity index (χ3v) is 4.70. The van der Waals surface area contributed by atoms with Crippen LogP contribution in [0, 0.1) is 0 Å². The van der Waals surface area contributed by atoms with E-state index in [9.17, 15) is 9.59 Å². The lowest BCUT2D eigenvalue weighted by atomic mass is 9.94. The van der Waals surface area contributed by atoms with Gasteiger partial charge in [-0.25, -0.2) is 4.79 Å². The van der Waals surface area contributed by atoms with E-state index in [-0.39, 0.29) is 5.91 Å². The van der Waals surface area contributed by atoms with Crippen LogP contribution >= 0.6 is 11.8 Å². The summed E-state index contributed by atoms with van der Waals surface area (Å²) >= 11 is 1.76. The van der Waals surface area contributed by atoms with E-state index in [1.807, 2.05) is 51.3 Å². The summed E-state index contributed by atoms with van der Waals surface area (Å²) in [6.07, 6.45) is 3.04. The number of thioether (sulfide) groups is 1. The molecule has 138 valence electrons. The first-order valence-electron chi connectivity index (χ1n) is 8.65. The number of hydrogen-bond donors (Lipinski definition) is 1. The van der Waals surface area contributed by atoms with Crippen molar-refractivity contribution in [2.24, 2.45) is 0 Å². The van der Waals surface area contributed by atoms with Gasteiger partial charge in [-0.2, -0.15) is 11.8 Å². The molecule has 1 aromatic carbocycles. The van der Waals surface area contributed by atoms with Crippen molar-refractivity contribution in [3.05, 3.63) is 35.4 Å². The minimum Gasteiger partial charge on any atom is -0.444 e. The number of rotatable bonds is 5. The molecule has 2 rings (SSSR count). The predicted octanol–water partition coefficient (Wildman–Crippen LogP) is 3.22.